The average molecular weight is 335 g/mol. The van der Waals surface area contributed by atoms with Gasteiger partial charge < -0.3 is 20.7 Å². The second kappa shape index (κ2) is 9.93. The Morgan fingerprint density at radius 2 is 2.00 bits per heavy atom. The monoisotopic (exact) mass is 335 g/mol. The molecule has 4 N–H and O–H groups in total. The van der Waals surface area contributed by atoms with Crippen molar-refractivity contribution in [3.8, 4) is 0 Å². The third-order valence-corrected chi connectivity index (χ3v) is 3.12. The maximum atomic E-state index is 12.2. The lowest BCUT2D eigenvalue weighted by Crippen LogP contribution is -2.45. The SMILES string of the molecule is CC(=O)N[C@@H](CCCN=C(N)[N+](=O)[O-])C(=O)NCc1ccccc1. The van der Waals surface area contributed by atoms with Crippen LogP contribution in [-0.2, 0) is 16.1 Å². The summed E-state index contributed by atoms with van der Waals surface area (Å²) in [6.07, 6.45) is 0.674. The molecule has 0 radical (unpaired) electrons. The van der Waals surface area contributed by atoms with E-state index in [0.717, 1.165) is 5.56 Å². The molecule has 1 rings (SSSR count). The highest BCUT2D eigenvalue weighted by Gasteiger charge is 2.19. The van der Waals surface area contributed by atoms with E-state index in [1.165, 1.54) is 6.92 Å². The number of benzene rings is 1. The molecule has 9 nitrogen and oxygen atoms in total. The topological polar surface area (TPSA) is 140 Å². The van der Waals surface area contributed by atoms with Crippen LogP contribution >= 0.6 is 0 Å². The van der Waals surface area contributed by atoms with E-state index in [2.05, 4.69) is 15.6 Å². The molecule has 24 heavy (non-hydrogen) atoms. The highest BCUT2D eigenvalue weighted by Crippen LogP contribution is 2.01. The molecule has 0 bridgehead atoms. The van der Waals surface area contributed by atoms with Crippen LogP contribution in [0, 0.1) is 10.1 Å². The number of amides is 2. The van der Waals surface area contributed by atoms with Gasteiger partial charge in [-0.15, -0.1) is 4.99 Å². The first kappa shape index (κ1) is 19.1. The van der Waals surface area contributed by atoms with E-state index in [4.69, 9.17) is 5.73 Å². The maximum Gasteiger partial charge on any atom is 0.420 e. The van der Waals surface area contributed by atoms with Gasteiger partial charge in [0, 0.05) is 13.5 Å². The molecule has 0 fully saturated rings. The summed E-state index contributed by atoms with van der Waals surface area (Å²) in [4.78, 5) is 36.6. The number of guanidine groups is 1. The van der Waals surface area contributed by atoms with Gasteiger partial charge >= 0.3 is 5.96 Å². The van der Waals surface area contributed by atoms with Gasteiger partial charge in [-0.3, -0.25) is 15.3 Å². The first-order valence-electron chi connectivity index (χ1n) is 7.43. The van der Waals surface area contributed by atoms with Crippen LogP contribution in [0.4, 0.5) is 0 Å². The summed E-state index contributed by atoms with van der Waals surface area (Å²) in [5.74, 6) is -1.32. The van der Waals surface area contributed by atoms with Gasteiger partial charge in [-0.05, 0) is 23.3 Å². The Balaban J connectivity index is 2.51. The summed E-state index contributed by atoms with van der Waals surface area (Å²) in [7, 11) is 0. The molecule has 9 heteroatoms. The zero-order valence-corrected chi connectivity index (χ0v) is 13.4. The molecular weight excluding hydrogens is 314 g/mol. The average Bonchev–Trinajstić information content (AvgIpc) is 2.55. The van der Waals surface area contributed by atoms with Crippen molar-refractivity contribution < 1.29 is 14.5 Å². The number of nitrogens with zero attached hydrogens (tertiary/aromatic N) is 2. The van der Waals surface area contributed by atoms with Crippen molar-refractivity contribution in [2.45, 2.75) is 32.4 Å². The van der Waals surface area contributed by atoms with Crippen LogP contribution in [0.2, 0.25) is 0 Å². The molecule has 0 aromatic heterocycles. The number of hydrogen-bond acceptors (Lipinski definition) is 5. The summed E-state index contributed by atoms with van der Waals surface area (Å²) in [5.41, 5.74) is 6.03. The highest BCUT2D eigenvalue weighted by atomic mass is 16.6. The van der Waals surface area contributed by atoms with E-state index in [0.29, 0.717) is 19.4 Å². The molecule has 1 aromatic rings. The Bertz CT molecular complexity index is 603. The standard InChI is InChI=1S/C15H21N5O4/c1-11(21)19-13(8-5-9-17-15(16)20(23)24)14(22)18-10-12-6-3-2-4-7-12/h2-4,6-7,13H,5,8-10H2,1H3,(H2,16,17)(H,18,22)(H,19,21)/t13-/m0/s1. The van der Waals surface area contributed by atoms with Gasteiger partial charge in [-0.25, -0.2) is 0 Å². The number of aliphatic imine (C=N–C) groups is 1. The Morgan fingerprint density at radius 1 is 1.33 bits per heavy atom. The largest absolute Gasteiger partial charge is 0.420 e. The number of nitrogens with one attached hydrogen (secondary N) is 2. The Labute approximate surface area is 139 Å². The van der Waals surface area contributed by atoms with E-state index in [-0.39, 0.29) is 18.4 Å². The molecular formula is C15H21N5O4. The first-order valence-corrected chi connectivity index (χ1v) is 7.43. The van der Waals surface area contributed by atoms with Crippen LogP contribution in [0.3, 0.4) is 0 Å². The van der Waals surface area contributed by atoms with E-state index < -0.39 is 16.9 Å². The molecule has 0 aliphatic rings. The minimum absolute atomic E-state index is 0.106. The normalized spacial score (nSPS) is 12.3. The molecule has 2 amide bonds. The Kier molecular flexibility index (Phi) is 7.89. The second-order valence-corrected chi connectivity index (χ2v) is 5.10. The quantitative estimate of drug-likeness (QED) is 0.204. The number of rotatable bonds is 8. The van der Waals surface area contributed by atoms with Gasteiger partial charge in [-0.2, -0.15) is 0 Å². The molecule has 0 aliphatic heterocycles. The van der Waals surface area contributed by atoms with Crippen LogP contribution in [0.5, 0.6) is 0 Å². The Hall–Kier alpha value is -2.97. The van der Waals surface area contributed by atoms with Crippen molar-refractivity contribution in [1.29, 1.82) is 0 Å². The number of hydrogen-bond donors (Lipinski definition) is 3. The minimum Gasteiger partial charge on any atom is -0.390 e. The summed E-state index contributed by atoms with van der Waals surface area (Å²) in [5, 5.41) is 15.6. The van der Waals surface area contributed by atoms with E-state index in [1.807, 2.05) is 30.3 Å². The third kappa shape index (κ3) is 7.34. The number of carbonyl (C=O) groups is 2. The predicted octanol–water partition coefficient (Wildman–Crippen LogP) is 0.179. The van der Waals surface area contributed by atoms with Crippen molar-refractivity contribution in [2.24, 2.45) is 10.7 Å². The molecule has 0 aliphatic carbocycles. The van der Waals surface area contributed by atoms with Gasteiger partial charge in [0.15, 0.2) is 0 Å². The smallest absolute Gasteiger partial charge is 0.390 e. The molecule has 1 aromatic carbocycles. The summed E-state index contributed by atoms with van der Waals surface area (Å²) < 4.78 is 0. The molecule has 0 unspecified atom stereocenters. The highest BCUT2D eigenvalue weighted by molar-refractivity contribution is 5.86. The van der Waals surface area contributed by atoms with Gasteiger partial charge in [0.1, 0.15) is 12.6 Å². The molecule has 1 atom stereocenters. The van der Waals surface area contributed by atoms with Crippen molar-refractivity contribution in [1.82, 2.24) is 10.6 Å². The molecule has 130 valence electrons. The van der Waals surface area contributed by atoms with Crippen LogP contribution in [0.25, 0.3) is 0 Å². The summed E-state index contributed by atoms with van der Waals surface area (Å²) in [6.45, 7) is 1.78. The third-order valence-electron chi connectivity index (χ3n) is 3.12. The lowest BCUT2D eigenvalue weighted by Gasteiger charge is -2.17. The van der Waals surface area contributed by atoms with Gasteiger partial charge in [-0.1, -0.05) is 30.3 Å². The molecule has 0 saturated heterocycles. The molecule has 0 saturated carbocycles. The summed E-state index contributed by atoms with van der Waals surface area (Å²) >= 11 is 0. The van der Waals surface area contributed by atoms with E-state index in [9.17, 15) is 19.7 Å². The van der Waals surface area contributed by atoms with Crippen LogP contribution in [0.1, 0.15) is 25.3 Å². The molecule has 0 heterocycles. The zero-order chi connectivity index (χ0) is 17.9. The molecule has 0 spiro atoms. The fourth-order valence-corrected chi connectivity index (χ4v) is 1.97. The van der Waals surface area contributed by atoms with Crippen LogP contribution < -0.4 is 16.4 Å². The summed E-state index contributed by atoms with van der Waals surface area (Å²) in [6, 6.07) is 8.64. The fourth-order valence-electron chi connectivity index (χ4n) is 1.97. The fraction of sp³-hybridized carbons (Fsp3) is 0.400. The number of nitrogens with two attached hydrogens (primary N) is 1. The number of nitro groups is 1. The predicted molar refractivity (Wildman–Crippen MR) is 88.6 cm³/mol. The second-order valence-electron chi connectivity index (χ2n) is 5.10. The van der Waals surface area contributed by atoms with Crippen LogP contribution in [-0.4, -0.2) is 35.3 Å². The maximum absolute atomic E-state index is 12.2. The zero-order valence-electron chi connectivity index (χ0n) is 13.4. The first-order chi connectivity index (χ1) is 11.4. The number of carbonyl (C=O) groups excluding carboxylic acids is 2. The minimum atomic E-state index is -0.780. The van der Waals surface area contributed by atoms with Crippen LogP contribution in [0.15, 0.2) is 35.3 Å². The van der Waals surface area contributed by atoms with Gasteiger partial charge in [0.2, 0.25) is 11.8 Å². The van der Waals surface area contributed by atoms with Gasteiger partial charge in [0.05, 0.1) is 0 Å². The lowest BCUT2D eigenvalue weighted by molar-refractivity contribution is -0.352. The van der Waals surface area contributed by atoms with Crippen molar-refractivity contribution >= 4 is 17.8 Å². The van der Waals surface area contributed by atoms with E-state index in [1.54, 1.807) is 0 Å². The van der Waals surface area contributed by atoms with Crippen molar-refractivity contribution in [3.63, 3.8) is 0 Å². The van der Waals surface area contributed by atoms with E-state index >= 15 is 0 Å². The Morgan fingerprint density at radius 3 is 2.58 bits per heavy atom. The van der Waals surface area contributed by atoms with Crippen molar-refractivity contribution in [3.05, 3.63) is 46.0 Å². The van der Waals surface area contributed by atoms with Crippen molar-refractivity contribution in [2.75, 3.05) is 6.54 Å². The van der Waals surface area contributed by atoms with Gasteiger partial charge in [0.25, 0.3) is 0 Å². The lowest BCUT2D eigenvalue weighted by atomic mass is 10.1.